The molecule has 2 fully saturated rings. The van der Waals surface area contributed by atoms with Gasteiger partial charge in [-0.3, -0.25) is 0 Å². The Balaban J connectivity index is 2.02. The van der Waals surface area contributed by atoms with Crippen LogP contribution in [0.25, 0.3) is 0 Å². The zero-order valence-corrected chi connectivity index (χ0v) is 8.45. The Hall–Kier alpha value is -0.340. The Morgan fingerprint density at radius 1 is 1.38 bits per heavy atom. The van der Waals surface area contributed by atoms with Crippen LogP contribution in [0.5, 0.6) is 0 Å². The molecule has 2 N–H and O–H groups in total. The molecule has 2 heteroatoms. The number of piperidine rings is 1. The van der Waals surface area contributed by atoms with E-state index in [1.807, 2.05) is 6.08 Å². The fourth-order valence-electron chi connectivity index (χ4n) is 2.96. The van der Waals surface area contributed by atoms with Crippen LogP contribution in [0.1, 0.15) is 25.7 Å². The molecule has 74 valence electrons. The molecule has 2 bridgehead atoms. The van der Waals surface area contributed by atoms with Crippen molar-refractivity contribution in [3.63, 3.8) is 0 Å². The molecule has 0 radical (unpaired) electrons. The van der Waals surface area contributed by atoms with E-state index in [9.17, 15) is 0 Å². The van der Waals surface area contributed by atoms with E-state index in [1.165, 1.54) is 25.7 Å². The first-order chi connectivity index (χ1) is 6.22. The van der Waals surface area contributed by atoms with Crippen LogP contribution in [0, 0.1) is 5.92 Å². The van der Waals surface area contributed by atoms with Gasteiger partial charge in [-0.15, -0.1) is 6.58 Å². The van der Waals surface area contributed by atoms with Gasteiger partial charge in [0.15, 0.2) is 0 Å². The smallest absolute Gasteiger partial charge is 0.0250 e. The highest BCUT2D eigenvalue weighted by Gasteiger charge is 2.39. The van der Waals surface area contributed by atoms with Gasteiger partial charge in [0.2, 0.25) is 0 Å². The second-order valence-corrected chi connectivity index (χ2v) is 4.60. The minimum absolute atomic E-state index is 0.219. The van der Waals surface area contributed by atoms with Crippen molar-refractivity contribution in [2.75, 3.05) is 7.05 Å². The van der Waals surface area contributed by atoms with Crippen LogP contribution < -0.4 is 5.73 Å². The van der Waals surface area contributed by atoms with Crippen molar-refractivity contribution in [3.05, 3.63) is 12.7 Å². The summed E-state index contributed by atoms with van der Waals surface area (Å²) >= 11 is 0. The predicted molar refractivity (Wildman–Crippen MR) is 55.5 cm³/mol. The molecule has 2 nitrogen and oxygen atoms in total. The van der Waals surface area contributed by atoms with Gasteiger partial charge in [0.25, 0.3) is 0 Å². The van der Waals surface area contributed by atoms with Crippen LogP contribution >= 0.6 is 0 Å². The molecule has 0 amide bonds. The summed E-state index contributed by atoms with van der Waals surface area (Å²) in [5.41, 5.74) is 6.01. The van der Waals surface area contributed by atoms with Crippen LogP contribution in [0.4, 0.5) is 0 Å². The van der Waals surface area contributed by atoms with Gasteiger partial charge >= 0.3 is 0 Å². The summed E-state index contributed by atoms with van der Waals surface area (Å²) in [6.07, 6.45) is 7.22. The van der Waals surface area contributed by atoms with Gasteiger partial charge < -0.3 is 10.6 Å². The van der Waals surface area contributed by atoms with E-state index in [1.54, 1.807) is 0 Å². The lowest BCUT2D eigenvalue weighted by Gasteiger charge is -2.38. The highest BCUT2D eigenvalue weighted by molar-refractivity contribution is 4.99. The fourth-order valence-corrected chi connectivity index (χ4v) is 2.96. The third kappa shape index (κ3) is 1.53. The van der Waals surface area contributed by atoms with E-state index >= 15 is 0 Å². The molecule has 3 unspecified atom stereocenters. The average Bonchev–Trinajstić information content (AvgIpc) is 2.42. The fraction of sp³-hybridized carbons (Fsp3) is 0.818. The van der Waals surface area contributed by atoms with Crippen LogP contribution in [-0.2, 0) is 0 Å². The van der Waals surface area contributed by atoms with Gasteiger partial charge in [0, 0.05) is 18.1 Å². The van der Waals surface area contributed by atoms with Crippen molar-refractivity contribution in [1.29, 1.82) is 0 Å². The third-order valence-electron chi connectivity index (χ3n) is 3.95. The molecule has 2 rings (SSSR count). The van der Waals surface area contributed by atoms with E-state index in [2.05, 4.69) is 18.5 Å². The second-order valence-electron chi connectivity index (χ2n) is 4.60. The molecular formula is C11H20N2. The zero-order chi connectivity index (χ0) is 9.42. The lowest BCUT2D eigenvalue weighted by Crippen LogP contribution is -2.44. The molecule has 0 aliphatic carbocycles. The average molecular weight is 180 g/mol. The summed E-state index contributed by atoms with van der Waals surface area (Å²) in [5, 5.41) is 0. The van der Waals surface area contributed by atoms with Crippen molar-refractivity contribution in [2.45, 2.75) is 43.8 Å². The SMILES string of the molecule is C=CC(N)C1CC2CCC(C1)N2C. The van der Waals surface area contributed by atoms with Crippen molar-refractivity contribution in [1.82, 2.24) is 4.90 Å². The quantitative estimate of drug-likeness (QED) is 0.650. The Bertz CT molecular complexity index is 188. The highest BCUT2D eigenvalue weighted by Crippen LogP contribution is 2.38. The van der Waals surface area contributed by atoms with Crippen molar-refractivity contribution in [3.8, 4) is 0 Å². The molecule has 13 heavy (non-hydrogen) atoms. The minimum Gasteiger partial charge on any atom is -0.324 e. The number of hydrogen-bond acceptors (Lipinski definition) is 2. The van der Waals surface area contributed by atoms with E-state index in [0.717, 1.165) is 12.1 Å². The highest BCUT2D eigenvalue weighted by atomic mass is 15.2. The minimum atomic E-state index is 0.219. The van der Waals surface area contributed by atoms with Gasteiger partial charge in [-0.05, 0) is 38.6 Å². The summed E-state index contributed by atoms with van der Waals surface area (Å²) in [4.78, 5) is 2.55. The Morgan fingerprint density at radius 2 is 1.92 bits per heavy atom. The third-order valence-corrected chi connectivity index (χ3v) is 3.95. The monoisotopic (exact) mass is 180 g/mol. The van der Waals surface area contributed by atoms with Gasteiger partial charge in [-0.25, -0.2) is 0 Å². The maximum absolute atomic E-state index is 6.01. The van der Waals surface area contributed by atoms with Crippen molar-refractivity contribution < 1.29 is 0 Å². The maximum atomic E-state index is 6.01. The first kappa shape index (κ1) is 9.22. The number of nitrogens with zero attached hydrogens (tertiary/aromatic N) is 1. The molecule has 0 aromatic rings. The standard InChI is InChI=1S/C11H20N2/c1-3-11(12)8-6-9-4-5-10(7-8)13(9)2/h3,8-11H,1,4-7,12H2,2H3. The normalized spacial score (nSPS) is 41.8. The lowest BCUT2D eigenvalue weighted by atomic mass is 9.85. The molecule has 0 aromatic heterocycles. The largest absolute Gasteiger partial charge is 0.324 e. The Morgan fingerprint density at radius 3 is 2.38 bits per heavy atom. The number of fused-ring (bicyclic) bond motifs is 2. The molecule has 3 atom stereocenters. The van der Waals surface area contributed by atoms with Gasteiger partial charge in [0.05, 0.1) is 0 Å². The summed E-state index contributed by atoms with van der Waals surface area (Å²) < 4.78 is 0. The van der Waals surface area contributed by atoms with Gasteiger partial charge in [-0.2, -0.15) is 0 Å². The van der Waals surface area contributed by atoms with Gasteiger partial charge in [-0.1, -0.05) is 6.08 Å². The number of nitrogens with two attached hydrogens (primary N) is 1. The van der Waals surface area contributed by atoms with Crippen LogP contribution in [-0.4, -0.2) is 30.1 Å². The molecule has 2 heterocycles. The number of hydrogen-bond donors (Lipinski definition) is 1. The zero-order valence-electron chi connectivity index (χ0n) is 8.45. The molecule has 2 aliphatic rings. The first-order valence-corrected chi connectivity index (χ1v) is 5.32. The summed E-state index contributed by atoms with van der Waals surface area (Å²) in [6, 6.07) is 1.82. The maximum Gasteiger partial charge on any atom is 0.0250 e. The Kier molecular flexibility index (Phi) is 2.43. The van der Waals surface area contributed by atoms with Crippen molar-refractivity contribution >= 4 is 0 Å². The lowest BCUT2D eigenvalue weighted by molar-refractivity contribution is 0.128. The van der Waals surface area contributed by atoms with E-state index in [0.29, 0.717) is 5.92 Å². The predicted octanol–water partition coefficient (Wildman–Crippen LogP) is 1.37. The molecule has 2 saturated heterocycles. The van der Waals surface area contributed by atoms with Crippen molar-refractivity contribution in [2.24, 2.45) is 11.7 Å². The van der Waals surface area contributed by atoms with Crippen LogP contribution in [0.15, 0.2) is 12.7 Å². The second kappa shape index (κ2) is 3.43. The molecule has 2 aliphatic heterocycles. The number of rotatable bonds is 2. The molecule has 0 aromatic carbocycles. The summed E-state index contributed by atoms with van der Waals surface area (Å²) in [7, 11) is 2.26. The van der Waals surface area contributed by atoms with E-state index < -0.39 is 0 Å². The summed E-state index contributed by atoms with van der Waals surface area (Å²) in [6.45, 7) is 3.79. The topological polar surface area (TPSA) is 29.3 Å². The van der Waals surface area contributed by atoms with Crippen LogP contribution in [0.3, 0.4) is 0 Å². The first-order valence-electron chi connectivity index (χ1n) is 5.32. The summed E-state index contributed by atoms with van der Waals surface area (Å²) in [5.74, 6) is 0.686. The van der Waals surface area contributed by atoms with Gasteiger partial charge in [0.1, 0.15) is 0 Å². The molecule has 0 spiro atoms. The van der Waals surface area contributed by atoms with Crippen LogP contribution in [0.2, 0.25) is 0 Å². The Labute approximate surface area is 80.8 Å². The van der Waals surface area contributed by atoms with E-state index in [4.69, 9.17) is 5.73 Å². The van der Waals surface area contributed by atoms with E-state index in [-0.39, 0.29) is 6.04 Å². The molecular weight excluding hydrogens is 160 g/mol. The molecule has 0 saturated carbocycles.